The van der Waals surface area contributed by atoms with Gasteiger partial charge in [-0.15, -0.1) is 0 Å². The van der Waals surface area contributed by atoms with Crippen molar-refractivity contribution in [1.82, 2.24) is 4.90 Å². The fourth-order valence-corrected chi connectivity index (χ4v) is 3.23. The van der Waals surface area contributed by atoms with Crippen LogP contribution in [0.2, 0.25) is 0 Å². The molecule has 0 aromatic heterocycles. The fourth-order valence-electron chi connectivity index (χ4n) is 3.23. The van der Waals surface area contributed by atoms with Gasteiger partial charge in [0.15, 0.2) is 5.60 Å². The van der Waals surface area contributed by atoms with Crippen LogP contribution in [0.1, 0.15) is 23.6 Å². The molecule has 0 heterocycles. The first-order valence-corrected chi connectivity index (χ1v) is 9.67. The van der Waals surface area contributed by atoms with Crippen LogP contribution in [-0.2, 0) is 12.0 Å². The van der Waals surface area contributed by atoms with Crippen LogP contribution < -0.4 is 0 Å². The van der Waals surface area contributed by atoms with Crippen LogP contribution in [-0.4, -0.2) is 29.6 Å². The molecule has 0 aliphatic heterocycles. The zero-order valence-electron chi connectivity index (χ0n) is 16.5. The summed E-state index contributed by atoms with van der Waals surface area (Å²) in [4.78, 5) is 2.22. The smallest absolute Gasteiger partial charge is 0.176 e. The molecule has 0 amide bonds. The molecule has 3 rings (SSSR count). The van der Waals surface area contributed by atoms with Gasteiger partial charge in [-0.2, -0.15) is 0 Å². The Kier molecular flexibility index (Phi) is 6.66. The highest BCUT2D eigenvalue weighted by molar-refractivity contribution is 5.44. The van der Waals surface area contributed by atoms with Gasteiger partial charge in [0.25, 0.3) is 0 Å². The maximum atomic E-state index is 11.4. The van der Waals surface area contributed by atoms with Crippen LogP contribution in [0.5, 0.6) is 0 Å². The monoisotopic (exact) mass is 369 g/mol. The summed E-state index contributed by atoms with van der Waals surface area (Å²) in [7, 11) is 2.08. The molecule has 1 atom stereocenters. The normalized spacial score (nSPS) is 12.3. The van der Waals surface area contributed by atoms with Gasteiger partial charge < -0.3 is 5.11 Å². The van der Waals surface area contributed by atoms with Crippen LogP contribution >= 0.6 is 0 Å². The lowest BCUT2D eigenvalue weighted by Crippen LogP contribution is -2.32. The zero-order valence-corrected chi connectivity index (χ0v) is 16.5. The van der Waals surface area contributed by atoms with Crippen molar-refractivity contribution in [2.75, 3.05) is 13.6 Å². The van der Waals surface area contributed by atoms with E-state index in [0.29, 0.717) is 12.6 Å². The predicted molar refractivity (Wildman–Crippen MR) is 116 cm³/mol. The van der Waals surface area contributed by atoms with Crippen LogP contribution in [0.3, 0.4) is 0 Å². The van der Waals surface area contributed by atoms with Gasteiger partial charge in [-0.05, 0) is 26.0 Å². The molecule has 0 spiro atoms. The van der Waals surface area contributed by atoms with Gasteiger partial charge in [-0.25, -0.2) is 0 Å². The van der Waals surface area contributed by atoms with Gasteiger partial charge >= 0.3 is 0 Å². The second-order valence-electron chi connectivity index (χ2n) is 7.20. The van der Waals surface area contributed by atoms with E-state index in [4.69, 9.17) is 0 Å². The van der Waals surface area contributed by atoms with Crippen molar-refractivity contribution in [3.8, 4) is 11.8 Å². The van der Waals surface area contributed by atoms with Gasteiger partial charge in [0.05, 0.1) is 6.54 Å². The molecule has 0 saturated heterocycles. The van der Waals surface area contributed by atoms with E-state index in [1.807, 2.05) is 66.7 Å². The molecule has 0 aliphatic rings. The summed E-state index contributed by atoms with van der Waals surface area (Å²) in [5.74, 6) is 6.36. The van der Waals surface area contributed by atoms with Gasteiger partial charge in [0.2, 0.25) is 0 Å². The number of hydrogen-bond acceptors (Lipinski definition) is 2. The third kappa shape index (κ3) is 4.89. The summed E-state index contributed by atoms with van der Waals surface area (Å²) in [5.41, 5.74) is 1.58. The second kappa shape index (κ2) is 9.37. The molecule has 0 saturated carbocycles. The van der Waals surface area contributed by atoms with Crippen LogP contribution in [0.15, 0.2) is 91.0 Å². The third-order valence-electron chi connectivity index (χ3n) is 5.11. The molecular weight excluding hydrogens is 342 g/mol. The molecule has 1 unspecified atom stereocenters. The summed E-state index contributed by atoms with van der Waals surface area (Å²) in [6.45, 7) is 2.80. The number of hydrogen-bond donors (Lipinski definition) is 1. The van der Waals surface area contributed by atoms with E-state index in [0.717, 1.165) is 17.5 Å². The predicted octanol–water partition coefficient (Wildman–Crippen LogP) is 4.49. The summed E-state index contributed by atoms with van der Waals surface area (Å²) < 4.78 is 0. The molecule has 0 bridgehead atoms. The fraction of sp³-hybridized carbons (Fsp3) is 0.231. The highest BCUT2D eigenvalue weighted by Crippen LogP contribution is 2.28. The lowest BCUT2D eigenvalue weighted by Gasteiger charge is -2.25. The number of benzene rings is 3. The molecule has 1 N–H and O–H groups in total. The Bertz CT molecular complexity index is 871. The van der Waals surface area contributed by atoms with Crippen molar-refractivity contribution in [2.24, 2.45) is 0 Å². The average Bonchev–Trinajstić information content (AvgIpc) is 2.75. The highest BCUT2D eigenvalue weighted by Gasteiger charge is 2.29. The number of aliphatic hydroxyl groups is 1. The Hall–Kier alpha value is -2.86. The number of likely N-dealkylation sites (N-methyl/N-ethyl adjacent to an activating group) is 1. The molecule has 28 heavy (non-hydrogen) atoms. The molecule has 0 aliphatic carbocycles. The molecule has 142 valence electrons. The summed E-state index contributed by atoms with van der Waals surface area (Å²) in [5, 5.41) is 11.4. The van der Waals surface area contributed by atoms with Crippen molar-refractivity contribution >= 4 is 0 Å². The summed E-state index contributed by atoms with van der Waals surface area (Å²) in [6, 6.07) is 30.1. The molecule has 2 heteroatoms. The molecular formula is C26H27NO. The van der Waals surface area contributed by atoms with Gasteiger partial charge in [-0.3, -0.25) is 4.90 Å². The Morgan fingerprint density at radius 1 is 0.821 bits per heavy atom. The molecule has 0 radical (unpaired) electrons. The second-order valence-corrected chi connectivity index (χ2v) is 7.20. The maximum Gasteiger partial charge on any atom is 0.176 e. The Labute approximate surface area is 168 Å². The van der Waals surface area contributed by atoms with E-state index in [1.165, 1.54) is 5.56 Å². The van der Waals surface area contributed by atoms with E-state index in [2.05, 4.69) is 55.0 Å². The van der Waals surface area contributed by atoms with Crippen LogP contribution in [0.25, 0.3) is 0 Å². The lowest BCUT2D eigenvalue weighted by atomic mass is 9.87. The van der Waals surface area contributed by atoms with Crippen LogP contribution in [0, 0.1) is 11.8 Å². The minimum atomic E-state index is -1.31. The van der Waals surface area contributed by atoms with E-state index in [-0.39, 0.29) is 0 Å². The largest absolute Gasteiger partial charge is 0.369 e. The molecule has 2 nitrogen and oxygen atoms in total. The SMILES string of the molecule is CC(Cc1ccccc1)N(C)CC#CC(O)(c1ccccc1)c1ccccc1. The first-order chi connectivity index (χ1) is 13.6. The third-order valence-corrected chi connectivity index (χ3v) is 5.11. The summed E-state index contributed by atoms with van der Waals surface area (Å²) >= 11 is 0. The molecule has 0 fully saturated rings. The molecule has 3 aromatic rings. The van der Waals surface area contributed by atoms with Gasteiger partial charge in [-0.1, -0.05) is 103 Å². The average molecular weight is 370 g/mol. The maximum absolute atomic E-state index is 11.4. The lowest BCUT2D eigenvalue weighted by molar-refractivity contribution is 0.145. The highest BCUT2D eigenvalue weighted by atomic mass is 16.3. The Morgan fingerprint density at radius 3 is 1.79 bits per heavy atom. The molecule has 3 aromatic carbocycles. The first-order valence-electron chi connectivity index (χ1n) is 9.67. The zero-order chi connectivity index (χ0) is 19.8. The first kappa shape index (κ1) is 19.9. The van der Waals surface area contributed by atoms with Crippen molar-refractivity contribution in [2.45, 2.75) is 25.0 Å². The van der Waals surface area contributed by atoms with E-state index in [1.54, 1.807) is 0 Å². The van der Waals surface area contributed by atoms with E-state index < -0.39 is 5.60 Å². The van der Waals surface area contributed by atoms with E-state index in [9.17, 15) is 5.11 Å². The van der Waals surface area contributed by atoms with Gasteiger partial charge in [0, 0.05) is 17.2 Å². The Balaban J connectivity index is 1.76. The summed E-state index contributed by atoms with van der Waals surface area (Å²) in [6.07, 6.45) is 0.973. The van der Waals surface area contributed by atoms with Crippen molar-refractivity contribution < 1.29 is 5.11 Å². The van der Waals surface area contributed by atoms with Crippen molar-refractivity contribution in [3.05, 3.63) is 108 Å². The minimum absolute atomic E-state index is 0.359. The van der Waals surface area contributed by atoms with Crippen LogP contribution in [0.4, 0.5) is 0 Å². The number of nitrogens with zero attached hydrogens (tertiary/aromatic N) is 1. The minimum Gasteiger partial charge on any atom is -0.369 e. The van der Waals surface area contributed by atoms with Crippen molar-refractivity contribution in [1.29, 1.82) is 0 Å². The topological polar surface area (TPSA) is 23.5 Å². The quantitative estimate of drug-likeness (QED) is 0.647. The number of rotatable bonds is 6. The van der Waals surface area contributed by atoms with E-state index >= 15 is 0 Å². The van der Waals surface area contributed by atoms with Gasteiger partial charge in [0.1, 0.15) is 0 Å². The van der Waals surface area contributed by atoms with Crippen molar-refractivity contribution in [3.63, 3.8) is 0 Å². The Morgan fingerprint density at radius 2 is 1.29 bits per heavy atom. The standard InChI is InChI=1S/C26H27NO/c1-22(21-23-13-6-3-7-14-23)27(2)20-12-19-26(28,24-15-8-4-9-16-24)25-17-10-5-11-18-25/h3-11,13-18,22,28H,20-21H2,1-2H3.